The van der Waals surface area contributed by atoms with Crippen LogP contribution in [-0.4, -0.2) is 59.6 Å². The second-order valence-electron chi connectivity index (χ2n) is 7.32. The minimum absolute atomic E-state index is 0.0418. The summed E-state index contributed by atoms with van der Waals surface area (Å²) in [4.78, 5) is 0. The van der Waals surface area contributed by atoms with E-state index in [0.29, 0.717) is 6.61 Å². The molecule has 1 fully saturated rings. The summed E-state index contributed by atoms with van der Waals surface area (Å²) < 4.78 is 11.0. The van der Waals surface area contributed by atoms with Gasteiger partial charge in [0.05, 0.1) is 13.2 Å². The van der Waals surface area contributed by atoms with E-state index in [0.717, 1.165) is 12.8 Å². The highest BCUT2D eigenvalue weighted by molar-refractivity contribution is 4.87. The first-order chi connectivity index (χ1) is 12.7. The highest BCUT2D eigenvalue weighted by atomic mass is 16.6. The Kier molecular flexibility index (Phi) is 14.1. The van der Waals surface area contributed by atoms with Gasteiger partial charge in [-0.25, -0.2) is 0 Å². The lowest BCUT2D eigenvalue weighted by Crippen LogP contribution is -2.55. The van der Waals surface area contributed by atoms with Crippen molar-refractivity contribution in [2.75, 3.05) is 19.8 Å². The second kappa shape index (κ2) is 15.6. The lowest BCUT2D eigenvalue weighted by molar-refractivity contribution is -0.211. The van der Waals surface area contributed by atoms with Gasteiger partial charge < -0.3 is 24.8 Å². The molecule has 3 N–H and O–H groups in total. The van der Waals surface area contributed by atoms with Crippen molar-refractivity contribution in [2.24, 2.45) is 0 Å². The van der Waals surface area contributed by atoms with Crippen LogP contribution in [0.25, 0.3) is 0 Å². The summed E-state index contributed by atoms with van der Waals surface area (Å²) in [5.41, 5.74) is 0. The average Bonchev–Trinajstić information content (AvgIpc) is 2.65. The molecule has 0 amide bonds. The average molecular weight is 373 g/mol. The molecule has 0 aliphatic carbocycles. The topological polar surface area (TPSA) is 79.2 Å². The van der Waals surface area contributed by atoms with E-state index in [1.54, 1.807) is 0 Å². The molecule has 1 aliphatic rings. The van der Waals surface area contributed by atoms with E-state index in [2.05, 4.69) is 19.1 Å². The van der Waals surface area contributed by atoms with Gasteiger partial charge in [-0.1, -0.05) is 57.6 Å². The van der Waals surface area contributed by atoms with Crippen LogP contribution in [0.4, 0.5) is 0 Å². The third-order valence-corrected chi connectivity index (χ3v) is 4.97. The third-order valence-electron chi connectivity index (χ3n) is 4.97. The Bertz CT molecular complexity index is 345. The van der Waals surface area contributed by atoms with Crippen LogP contribution in [-0.2, 0) is 9.47 Å². The number of allylic oxidation sites excluding steroid dienone is 2. The number of aliphatic hydroxyl groups is 3. The van der Waals surface area contributed by atoms with E-state index in [4.69, 9.17) is 9.47 Å². The van der Waals surface area contributed by atoms with E-state index in [-0.39, 0.29) is 13.2 Å². The Hall–Kier alpha value is -0.460. The van der Waals surface area contributed by atoms with Gasteiger partial charge in [-0.2, -0.15) is 0 Å². The molecule has 0 aromatic heterocycles. The largest absolute Gasteiger partial charge is 0.394 e. The van der Waals surface area contributed by atoms with Gasteiger partial charge >= 0.3 is 0 Å². The van der Waals surface area contributed by atoms with Gasteiger partial charge in [-0.3, -0.25) is 0 Å². The summed E-state index contributed by atoms with van der Waals surface area (Å²) >= 11 is 0. The van der Waals surface area contributed by atoms with Gasteiger partial charge in [0.2, 0.25) is 0 Å². The molecule has 0 saturated carbocycles. The molecular formula is C21H40O5. The molecule has 154 valence electrons. The minimum Gasteiger partial charge on any atom is -0.394 e. The number of ether oxygens (including phenoxy) is 2. The maximum Gasteiger partial charge on any atom is 0.114 e. The van der Waals surface area contributed by atoms with Gasteiger partial charge in [-0.15, -0.1) is 0 Å². The maximum absolute atomic E-state index is 9.97. The summed E-state index contributed by atoms with van der Waals surface area (Å²) in [6.07, 6.45) is 14.9. The first-order valence-electron chi connectivity index (χ1n) is 10.6. The highest BCUT2D eigenvalue weighted by Gasteiger charge is 2.39. The molecule has 0 radical (unpaired) electrons. The highest BCUT2D eigenvalue weighted by Crippen LogP contribution is 2.19. The minimum atomic E-state index is -0.990. The number of aliphatic hydroxyl groups excluding tert-OH is 3. The van der Waals surface area contributed by atoms with Crippen molar-refractivity contribution < 1.29 is 24.8 Å². The van der Waals surface area contributed by atoms with Crippen molar-refractivity contribution in [2.45, 2.75) is 102 Å². The Morgan fingerprint density at radius 3 is 2.19 bits per heavy atom. The van der Waals surface area contributed by atoms with Gasteiger partial charge in [0.25, 0.3) is 0 Å². The normalized spacial score (nSPS) is 26.6. The molecule has 1 heterocycles. The van der Waals surface area contributed by atoms with Crippen molar-refractivity contribution in [1.29, 1.82) is 0 Å². The number of unbranched alkanes of at least 4 members (excludes halogenated alkanes) is 9. The zero-order valence-electron chi connectivity index (χ0n) is 16.5. The van der Waals surface area contributed by atoms with Crippen LogP contribution in [0, 0.1) is 0 Å². The second-order valence-corrected chi connectivity index (χ2v) is 7.32. The lowest BCUT2D eigenvalue weighted by atomic mass is 10.0. The van der Waals surface area contributed by atoms with Crippen LogP contribution in [0.2, 0.25) is 0 Å². The zero-order valence-corrected chi connectivity index (χ0v) is 16.5. The Balaban J connectivity index is 1.94. The molecule has 4 atom stereocenters. The van der Waals surface area contributed by atoms with Crippen LogP contribution < -0.4 is 0 Å². The van der Waals surface area contributed by atoms with Gasteiger partial charge in [0, 0.05) is 6.61 Å². The molecule has 0 aromatic rings. The van der Waals surface area contributed by atoms with Crippen molar-refractivity contribution in [1.82, 2.24) is 0 Å². The molecule has 26 heavy (non-hydrogen) atoms. The smallest absolute Gasteiger partial charge is 0.114 e. The van der Waals surface area contributed by atoms with Gasteiger partial charge in [-0.05, 0) is 32.1 Å². The predicted molar refractivity (Wildman–Crippen MR) is 104 cm³/mol. The first kappa shape index (κ1) is 23.6. The Morgan fingerprint density at radius 2 is 1.54 bits per heavy atom. The zero-order chi connectivity index (χ0) is 19.0. The fourth-order valence-electron chi connectivity index (χ4n) is 3.26. The monoisotopic (exact) mass is 372 g/mol. The summed E-state index contributed by atoms with van der Waals surface area (Å²) in [5.74, 6) is 0. The lowest BCUT2D eigenvalue weighted by Gasteiger charge is -2.37. The number of rotatable bonds is 15. The van der Waals surface area contributed by atoms with Crippen molar-refractivity contribution in [3.8, 4) is 0 Å². The molecule has 0 unspecified atom stereocenters. The molecule has 0 bridgehead atoms. The summed E-state index contributed by atoms with van der Waals surface area (Å²) in [6.45, 7) is 2.59. The standard InChI is InChI=1S/C21H40O5/c1-2-3-4-5-6-7-8-9-10-11-12-13-14-15-25-21-19(16-22)26-17-18(23)20(21)24/h6-7,18-24H,2-5,8-17H2,1H3/b7-6+/t18-,19+,20+,21+/m1/s1. The summed E-state index contributed by atoms with van der Waals surface area (Å²) in [5, 5.41) is 28.9. The van der Waals surface area contributed by atoms with Crippen molar-refractivity contribution in [3.05, 3.63) is 12.2 Å². The SMILES string of the molecule is CCCCC/C=C/CCCCCCCCO[C@@H]1[C@@H](O)[C@H](O)CO[C@H]1CO. The van der Waals surface area contributed by atoms with E-state index >= 15 is 0 Å². The summed E-state index contributed by atoms with van der Waals surface area (Å²) in [6, 6.07) is 0. The van der Waals surface area contributed by atoms with E-state index in [1.807, 2.05) is 0 Å². The molecule has 1 rings (SSSR count). The molecular weight excluding hydrogens is 332 g/mol. The first-order valence-corrected chi connectivity index (χ1v) is 10.6. The van der Waals surface area contributed by atoms with E-state index < -0.39 is 24.4 Å². The Morgan fingerprint density at radius 1 is 0.923 bits per heavy atom. The van der Waals surface area contributed by atoms with Crippen LogP contribution in [0.1, 0.15) is 77.6 Å². The van der Waals surface area contributed by atoms with E-state index in [9.17, 15) is 15.3 Å². The molecule has 5 heteroatoms. The van der Waals surface area contributed by atoms with Crippen LogP contribution in [0.3, 0.4) is 0 Å². The van der Waals surface area contributed by atoms with Crippen molar-refractivity contribution in [3.63, 3.8) is 0 Å². The third kappa shape index (κ3) is 10.0. The van der Waals surface area contributed by atoms with Crippen LogP contribution >= 0.6 is 0 Å². The molecule has 0 spiro atoms. The van der Waals surface area contributed by atoms with Gasteiger partial charge in [0.1, 0.15) is 24.4 Å². The fourth-order valence-corrected chi connectivity index (χ4v) is 3.26. The molecule has 5 nitrogen and oxygen atoms in total. The molecule has 1 saturated heterocycles. The number of hydrogen-bond donors (Lipinski definition) is 3. The van der Waals surface area contributed by atoms with Crippen LogP contribution in [0.15, 0.2) is 12.2 Å². The fraction of sp³-hybridized carbons (Fsp3) is 0.905. The van der Waals surface area contributed by atoms with Gasteiger partial charge in [0.15, 0.2) is 0 Å². The maximum atomic E-state index is 9.97. The Labute approximate surface area is 159 Å². The quantitative estimate of drug-likeness (QED) is 0.303. The molecule has 0 aromatic carbocycles. The number of hydrogen-bond acceptors (Lipinski definition) is 5. The molecule has 1 aliphatic heterocycles. The predicted octanol–water partition coefficient (Wildman–Crippen LogP) is 3.35. The van der Waals surface area contributed by atoms with E-state index in [1.165, 1.54) is 57.8 Å². The summed E-state index contributed by atoms with van der Waals surface area (Å²) in [7, 11) is 0. The van der Waals surface area contributed by atoms with Crippen molar-refractivity contribution >= 4 is 0 Å². The van der Waals surface area contributed by atoms with Crippen LogP contribution in [0.5, 0.6) is 0 Å².